The van der Waals surface area contributed by atoms with Crippen molar-refractivity contribution >= 4 is 11.6 Å². The van der Waals surface area contributed by atoms with Crippen molar-refractivity contribution in [1.29, 1.82) is 0 Å². The van der Waals surface area contributed by atoms with Gasteiger partial charge >= 0.3 is 0 Å². The maximum atomic E-state index is 13.4. The van der Waals surface area contributed by atoms with Crippen LogP contribution in [-0.4, -0.2) is 11.0 Å². The van der Waals surface area contributed by atoms with E-state index in [0.717, 1.165) is 37.7 Å². The normalized spacial score (nSPS) is 24.6. The van der Waals surface area contributed by atoms with E-state index in [2.05, 4.69) is 17.2 Å². The van der Waals surface area contributed by atoms with E-state index < -0.39 is 11.6 Å². The molecule has 0 spiro atoms. The second kappa shape index (κ2) is 4.85. The molecule has 0 bridgehead atoms. The molecule has 1 aliphatic carbocycles. The Labute approximate surface area is 99.4 Å². The molecule has 2 rings (SSSR count). The molecule has 1 fully saturated rings. The number of aromatic nitrogens is 1. The molecule has 17 heavy (non-hydrogen) atoms. The van der Waals surface area contributed by atoms with Gasteiger partial charge in [0.05, 0.1) is 0 Å². The van der Waals surface area contributed by atoms with E-state index in [1.54, 1.807) is 0 Å². The minimum absolute atomic E-state index is 0.0588. The van der Waals surface area contributed by atoms with Gasteiger partial charge in [-0.15, -0.1) is 0 Å². The van der Waals surface area contributed by atoms with Gasteiger partial charge in [0.2, 0.25) is 0 Å². The lowest BCUT2D eigenvalue weighted by Gasteiger charge is -2.27. The van der Waals surface area contributed by atoms with E-state index in [1.165, 1.54) is 0 Å². The standard InChI is InChI=1S/C12H17F2N3/c1-7-2-4-8(5-3-7)16-12-10(14)6-9(13)11(15)17-12/h6-8H,2-5H2,1H3,(H3,15,16,17). The number of rotatable bonds is 2. The minimum Gasteiger partial charge on any atom is -0.381 e. The summed E-state index contributed by atoms with van der Waals surface area (Å²) in [6.07, 6.45) is 4.21. The van der Waals surface area contributed by atoms with E-state index in [-0.39, 0.29) is 17.7 Å². The first kappa shape index (κ1) is 12.1. The third-order valence-corrected chi connectivity index (χ3v) is 3.31. The number of nitrogens with one attached hydrogen (secondary N) is 1. The lowest BCUT2D eigenvalue weighted by Crippen LogP contribution is -2.26. The molecule has 94 valence electrons. The van der Waals surface area contributed by atoms with E-state index >= 15 is 0 Å². The highest BCUT2D eigenvalue weighted by molar-refractivity contribution is 5.45. The molecule has 5 heteroatoms. The average Bonchev–Trinajstić information content (AvgIpc) is 2.29. The van der Waals surface area contributed by atoms with Gasteiger partial charge in [0.1, 0.15) is 0 Å². The lowest BCUT2D eigenvalue weighted by atomic mass is 9.87. The van der Waals surface area contributed by atoms with Gasteiger partial charge in [-0.2, -0.15) is 0 Å². The fraction of sp³-hybridized carbons (Fsp3) is 0.583. The van der Waals surface area contributed by atoms with Gasteiger partial charge in [-0.3, -0.25) is 0 Å². The van der Waals surface area contributed by atoms with Crippen LogP contribution in [0.2, 0.25) is 0 Å². The van der Waals surface area contributed by atoms with Crippen LogP contribution in [0, 0.1) is 17.6 Å². The third kappa shape index (κ3) is 2.84. The molecule has 3 nitrogen and oxygen atoms in total. The Kier molecular flexibility index (Phi) is 3.45. The molecule has 0 saturated heterocycles. The molecule has 1 aromatic heterocycles. The first-order chi connectivity index (χ1) is 8.06. The largest absolute Gasteiger partial charge is 0.381 e. The summed E-state index contributed by atoms with van der Waals surface area (Å²) in [6, 6.07) is 0.980. The van der Waals surface area contributed by atoms with Crippen molar-refractivity contribution < 1.29 is 8.78 Å². The van der Waals surface area contributed by atoms with Crippen LogP contribution in [0.5, 0.6) is 0 Å². The molecule has 0 unspecified atom stereocenters. The number of nitrogens with two attached hydrogens (primary N) is 1. The maximum absolute atomic E-state index is 13.4. The van der Waals surface area contributed by atoms with E-state index in [4.69, 9.17) is 5.73 Å². The molecular formula is C12H17F2N3. The molecule has 0 aliphatic heterocycles. The highest BCUT2D eigenvalue weighted by atomic mass is 19.1. The molecule has 0 aromatic carbocycles. The van der Waals surface area contributed by atoms with Gasteiger partial charge in [0.25, 0.3) is 0 Å². The van der Waals surface area contributed by atoms with Crippen molar-refractivity contribution in [3.05, 3.63) is 17.7 Å². The van der Waals surface area contributed by atoms with Crippen LogP contribution in [0.15, 0.2) is 6.07 Å². The number of nitrogens with zero attached hydrogens (tertiary/aromatic N) is 1. The van der Waals surface area contributed by atoms with Gasteiger partial charge in [0.15, 0.2) is 23.3 Å². The summed E-state index contributed by atoms with van der Waals surface area (Å²) >= 11 is 0. The van der Waals surface area contributed by atoms with Crippen LogP contribution in [-0.2, 0) is 0 Å². The second-order valence-corrected chi connectivity index (χ2v) is 4.79. The van der Waals surface area contributed by atoms with Crippen LogP contribution >= 0.6 is 0 Å². The number of nitrogen functional groups attached to an aromatic ring is 1. The molecule has 1 heterocycles. The Balaban J connectivity index is 2.06. The fourth-order valence-electron chi connectivity index (χ4n) is 2.18. The predicted molar refractivity (Wildman–Crippen MR) is 63.6 cm³/mol. The topological polar surface area (TPSA) is 50.9 Å². The molecular weight excluding hydrogens is 224 g/mol. The minimum atomic E-state index is -0.815. The summed E-state index contributed by atoms with van der Waals surface area (Å²) in [6.45, 7) is 2.21. The number of halogens is 2. The Morgan fingerprint density at radius 1 is 1.24 bits per heavy atom. The van der Waals surface area contributed by atoms with Gasteiger partial charge in [-0.1, -0.05) is 6.92 Å². The number of hydrogen-bond donors (Lipinski definition) is 2. The SMILES string of the molecule is CC1CCC(Nc2nc(N)c(F)cc2F)CC1. The van der Waals surface area contributed by atoms with Crippen LogP contribution in [0.1, 0.15) is 32.6 Å². The van der Waals surface area contributed by atoms with Crippen LogP contribution < -0.4 is 11.1 Å². The Morgan fingerprint density at radius 2 is 1.88 bits per heavy atom. The summed E-state index contributed by atoms with van der Waals surface area (Å²) in [5, 5.41) is 3.00. The fourth-order valence-corrected chi connectivity index (χ4v) is 2.18. The van der Waals surface area contributed by atoms with Crippen LogP contribution in [0.4, 0.5) is 20.4 Å². The zero-order chi connectivity index (χ0) is 12.4. The summed E-state index contributed by atoms with van der Waals surface area (Å²) in [7, 11) is 0. The van der Waals surface area contributed by atoms with Crippen molar-refractivity contribution in [3.8, 4) is 0 Å². The summed E-state index contributed by atoms with van der Waals surface area (Å²) < 4.78 is 26.4. The van der Waals surface area contributed by atoms with E-state index in [9.17, 15) is 8.78 Å². The van der Waals surface area contributed by atoms with Gasteiger partial charge in [0, 0.05) is 12.1 Å². The quantitative estimate of drug-likeness (QED) is 0.837. The molecule has 3 N–H and O–H groups in total. The van der Waals surface area contributed by atoms with Gasteiger partial charge in [-0.05, 0) is 31.6 Å². The zero-order valence-electron chi connectivity index (χ0n) is 9.84. The molecule has 0 atom stereocenters. The van der Waals surface area contributed by atoms with E-state index in [1.807, 2.05) is 0 Å². The summed E-state index contributed by atoms with van der Waals surface area (Å²) in [5.41, 5.74) is 5.32. The third-order valence-electron chi connectivity index (χ3n) is 3.31. The lowest BCUT2D eigenvalue weighted by molar-refractivity contribution is 0.360. The zero-order valence-corrected chi connectivity index (χ0v) is 9.84. The van der Waals surface area contributed by atoms with Crippen LogP contribution in [0.25, 0.3) is 0 Å². The first-order valence-electron chi connectivity index (χ1n) is 5.94. The molecule has 1 aromatic rings. The Bertz CT molecular complexity index is 401. The maximum Gasteiger partial charge on any atom is 0.168 e. The highest BCUT2D eigenvalue weighted by Crippen LogP contribution is 2.26. The number of anilines is 2. The Hall–Kier alpha value is -1.39. The van der Waals surface area contributed by atoms with Crippen molar-refractivity contribution in [3.63, 3.8) is 0 Å². The smallest absolute Gasteiger partial charge is 0.168 e. The highest BCUT2D eigenvalue weighted by Gasteiger charge is 2.20. The second-order valence-electron chi connectivity index (χ2n) is 4.79. The van der Waals surface area contributed by atoms with Gasteiger partial charge < -0.3 is 11.1 Å². The van der Waals surface area contributed by atoms with Crippen molar-refractivity contribution in [2.24, 2.45) is 5.92 Å². The summed E-state index contributed by atoms with van der Waals surface area (Å²) in [5.74, 6) is -0.980. The van der Waals surface area contributed by atoms with Gasteiger partial charge in [-0.25, -0.2) is 13.8 Å². The molecule has 1 saturated carbocycles. The van der Waals surface area contributed by atoms with E-state index in [0.29, 0.717) is 0 Å². The van der Waals surface area contributed by atoms with Crippen molar-refractivity contribution in [1.82, 2.24) is 4.98 Å². The molecule has 0 amide bonds. The van der Waals surface area contributed by atoms with Crippen molar-refractivity contribution in [2.75, 3.05) is 11.1 Å². The molecule has 1 aliphatic rings. The van der Waals surface area contributed by atoms with Crippen LogP contribution in [0.3, 0.4) is 0 Å². The first-order valence-corrected chi connectivity index (χ1v) is 5.94. The molecule has 0 radical (unpaired) electrons. The number of pyridine rings is 1. The van der Waals surface area contributed by atoms with Crippen molar-refractivity contribution in [2.45, 2.75) is 38.6 Å². The Morgan fingerprint density at radius 3 is 2.53 bits per heavy atom. The summed E-state index contributed by atoms with van der Waals surface area (Å²) in [4.78, 5) is 3.70. The predicted octanol–water partition coefficient (Wildman–Crippen LogP) is 2.93. The monoisotopic (exact) mass is 241 g/mol. The number of hydrogen-bond acceptors (Lipinski definition) is 3. The average molecular weight is 241 g/mol.